The van der Waals surface area contributed by atoms with Crippen LogP contribution in [0.2, 0.25) is 0 Å². The van der Waals surface area contributed by atoms with Crippen LogP contribution in [0.1, 0.15) is 32.0 Å². The van der Waals surface area contributed by atoms with Gasteiger partial charge in [0.25, 0.3) is 0 Å². The van der Waals surface area contributed by atoms with Gasteiger partial charge in [-0.2, -0.15) is 0 Å². The molecule has 5 rings (SSSR count). The van der Waals surface area contributed by atoms with E-state index >= 15 is 0 Å². The standard InChI is InChI=1S/C19H19N2.2C6H5.Bi/c1-13-9-10-18(21-20-13)15-11-14-7-5-6-8-16(14)17(12-15)19(2,3)4;2*1-2-4-6-5-3-1;/h5-8,10-12H,1-4H3;2*1-5H;. The van der Waals surface area contributed by atoms with Gasteiger partial charge < -0.3 is 0 Å². The number of aromatic nitrogens is 2. The van der Waals surface area contributed by atoms with Crippen LogP contribution < -0.4 is 9.81 Å². The molecule has 5 aromatic rings. The summed E-state index contributed by atoms with van der Waals surface area (Å²) in [5.41, 5.74) is 4.53. The fraction of sp³-hybridized carbons (Fsp3) is 0.161. The van der Waals surface area contributed by atoms with E-state index in [2.05, 4.69) is 131 Å². The first-order valence-corrected chi connectivity index (χ1v) is 16.9. The topological polar surface area (TPSA) is 25.8 Å². The molecule has 0 aliphatic heterocycles. The average molecular weight is 639 g/mol. The van der Waals surface area contributed by atoms with Crippen molar-refractivity contribution in [2.45, 2.75) is 33.1 Å². The number of benzene rings is 4. The van der Waals surface area contributed by atoms with Gasteiger partial charge in [0.2, 0.25) is 0 Å². The van der Waals surface area contributed by atoms with E-state index in [9.17, 15) is 0 Å². The maximum atomic E-state index is 4.70. The molecule has 168 valence electrons. The normalized spacial score (nSPS) is 11.8. The van der Waals surface area contributed by atoms with Crippen molar-refractivity contribution in [3.05, 3.63) is 114 Å². The van der Waals surface area contributed by atoms with Gasteiger partial charge in [0, 0.05) is 0 Å². The zero-order valence-corrected chi connectivity index (χ0v) is 23.6. The van der Waals surface area contributed by atoms with Crippen LogP contribution in [0.15, 0.2) is 103 Å². The zero-order chi connectivity index (χ0) is 23.7. The Morgan fingerprint density at radius 3 is 1.85 bits per heavy atom. The van der Waals surface area contributed by atoms with Crippen molar-refractivity contribution in [2.75, 3.05) is 0 Å². The van der Waals surface area contributed by atoms with Gasteiger partial charge in [0.1, 0.15) is 0 Å². The Bertz CT molecular complexity index is 1400. The summed E-state index contributed by atoms with van der Waals surface area (Å²) in [7, 11) is 0. The SMILES string of the molecule is Cc1nnc(-c2cc(C(C)(C)C)c3ccccc3c2)c[c]1[Bi]([c]1ccccc1)[c]1ccccc1. The minimum absolute atomic E-state index is 0.0337. The first kappa shape index (κ1) is 22.9. The van der Waals surface area contributed by atoms with Crippen LogP contribution in [0.5, 0.6) is 0 Å². The number of fused-ring (bicyclic) bond motifs is 1. The van der Waals surface area contributed by atoms with E-state index < -0.39 is 21.8 Å². The maximum absolute atomic E-state index is 4.70. The second-order valence-electron chi connectivity index (χ2n) is 9.70. The van der Waals surface area contributed by atoms with Crippen LogP contribution in [0.4, 0.5) is 0 Å². The summed E-state index contributed by atoms with van der Waals surface area (Å²) < 4.78 is 4.31. The Balaban J connectivity index is 1.71. The van der Waals surface area contributed by atoms with Gasteiger partial charge in [-0.05, 0) is 0 Å². The van der Waals surface area contributed by atoms with E-state index in [0.717, 1.165) is 17.0 Å². The van der Waals surface area contributed by atoms with E-state index in [1.54, 1.807) is 0 Å². The van der Waals surface area contributed by atoms with Crippen molar-refractivity contribution in [1.29, 1.82) is 0 Å². The van der Waals surface area contributed by atoms with Crippen LogP contribution in [-0.2, 0) is 5.41 Å². The predicted octanol–water partition coefficient (Wildman–Crippen LogP) is 5.42. The van der Waals surface area contributed by atoms with Crippen LogP contribution >= 0.6 is 0 Å². The first-order chi connectivity index (χ1) is 16.4. The summed E-state index contributed by atoms with van der Waals surface area (Å²) in [6, 6.07) is 37.6. The number of aryl methyl sites for hydroxylation is 1. The van der Waals surface area contributed by atoms with Crippen molar-refractivity contribution in [2.24, 2.45) is 0 Å². The van der Waals surface area contributed by atoms with E-state index in [0.29, 0.717) is 0 Å². The Labute approximate surface area is 210 Å². The third-order valence-electron chi connectivity index (χ3n) is 6.19. The van der Waals surface area contributed by atoms with Gasteiger partial charge in [0.15, 0.2) is 0 Å². The third kappa shape index (κ3) is 4.55. The summed E-state index contributed by atoms with van der Waals surface area (Å²) >= 11 is -2.53. The van der Waals surface area contributed by atoms with Crippen molar-refractivity contribution in [1.82, 2.24) is 10.2 Å². The third-order valence-corrected chi connectivity index (χ3v) is 16.2. The molecule has 4 aromatic carbocycles. The molecule has 0 bridgehead atoms. The summed E-state index contributed by atoms with van der Waals surface area (Å²) in [5.74, 6) is 0. The van der Waals surface area contributed by atoms with Gasteiger partial charge in [0.05, 0.1) is 0 Å². The van der Waals surface area contributed by atoms with E-state index in [-0.39, 0.29) is 5.41 Å². The molecule has 0 aliphatic rings. The second kappa shape index (κ2) is 9.39. The van der Waals surface area contributed by atoms with Crippen molar-refractivity contribution in [3.8, 4) is 11.3 Å². The molecule has 0 saturated heterocycles. The van der Waals surface area contributed by atoms with Gasteiger partial charge in [-0.1, -0.05) is 0 Å². The van der Waals surface area contributed by atoms with Crippen LogP contribution in [0.3, 0.4) is 0 Å². The number of hydrogen-bond acceptors (Lipinski definition) is 2. The van der Waals surface area contributed by atoms with Crippen LogP contribution in [0.25, 0.3) is 22.0 Å². The molecule has 0 amide bonds. The molecule has 0 spiro atoms. The predicted molar refractivity (Wildman–Crippen MR) is 146 cm³/mol. The summed E-state index contributed by atoms with van der Waals surface area (Å²) in [6.07, 6.45) is 0. The molecule has 2 nitrogen and oxygen atoms in total. The zero-order valence-electron chi connectivity index (χ0n) is 20.2. The summed E-state index contributed by atoms with van der Waals surface area (Å²) in [5, 5.41) is 12.0. The Morgan fingerprint density at radius 1 is 0.647 bits per heavy atom. The Morgan fingerprint density at radius 2 is 1.24 bits per heavy atom. The van der Waals surface area contributed by atoms with Gasteiger partial charge >= 0.3 is 211 Å². The summed E-state index contributed by atoms with van der Waals surface area (Å²) in [6.45, 7) is 8.95. The molecule has 0 N–H and O–H groups in total. The van der Waals surface area contributed by atoms with Crippen molar-refractivity contribution in [3.63, 3.8) is 0 Å². The van der Waals surface area contributed by atoms with Gasteiger partial charge in [-0.25, -0.2) is 0 Å². The molecule has 0 atom stereocenters. The second-order valence-corrected chi connectivity index (χ2v) is 18.2. The van der Waals surface area contributed by atoms with Gasteiger partial charge in [-0.3, -0.25) is 0 Å². The molecule has 3 heteroatoms. The fourth-order valence-corrected chi connectivity index (χ4v) is 13.9. The Kier molecular flexibility index (Phi) is 6.32. The molecule has 0 fully saturated rings. The monoisotopic (exact) mass is 638 g/mol. The van der Waals surface area contributed by atoms with Crippen molar-refractivity contribution >= 4 is 42.3 Å². The van der Waals surface area contributed by atoms with E-state index in [4.69, 9.17) is 10.2 Å². The molecule has 0 radical (unpaired) electrons. The van der Waals surface area contributed by atoms with E-state index in [1.165, 1.54) is 26.1 Å². The molecular weight excluding hydrogens is 609 g/mol. The number of rotatable bonds is 4. The molecular formula is C31H29BiN2. The molecule has 1 aromatic heterocycles. The van der Waals surface area contributed by atoms with Crippen LogP contribution in [0, 0.1) is 6.92 Å². The summed E-state index contributed by atoms with van der Waals surface area (Å²) in [4.78, 5) is 0. The first-order valence-electron chi connectivity index (χ1n) is 11.7. The van der Waals surface area contributed by atoms with Crippen LogP contribution in [-0.4, -0.2) is 31.9 Å². The van der Waals surface area contributed by atoms with Crippen molar-refractivity contribution < 1.29 is 0 Å². The van der Waals surface area contributed by atoms with E-state index in [1.807, 2.05) is 0 Å². The molecule has 0 unspecified atom stereocenters. The molecule has 1 heterocycles. The van der Waals surface area contributed by atoms with Gasteiger partial charge in [-0.15, -0.1) is 0 Å². The molecule has 34 heavy (non-hydrogen) atoms. The molecule has 0 aliphatic carbocycles. The number of nitrogens with zero attached hydrogens (tertiary/aromatic N) is 2. The molecule has 0 saturated carbocycles. The quantitative estimate of drug-likeness (QED) is 0.246. The number of hydrogen-bond donors (Lipinski definition) is 0. The Hall–Kier alpha value is -2.90. The minimum atomic E-state index is -2.53. The average Bonchev–Trinajstić information content (AvgIpc) is 2.85. The fourth-order valence-electron chi connectivity index (χ4n) is 4.47.